The first-order chi connectivity index (χ1) is 14.0. The first-order valence-corrected chi connectivity index (χ1v) is 11.0. The van der Waals surface area contributed by atoms with Gasteiger partial charge >= 0.3 is 11.9 Å². The Morgan fingerprint density at radius 2 is 1.52 bits per heavy atom. The molecule has 158 valence electrons. The van der Waals surface area contributed by atoms with E-state index in [0.29, 0.717) is 12.8 Å². The molecule has 0 atom stereocenters. The standard InChI is InChI=1S/C25H34O4/c1-5-9-11-12-14-20-16-22-18-25(23(26)28-7-3,24(27)29-8-4)17-21(22)15-19(20)13-10-6-2/h15-16H,5-11,13,17-18H2,1-4H3. The highest BCUT2D eigenvalue weighted by Crippen LogP contribution is 2.40. The van der Waals surface area contributed by atoms with E-state index < -0.39 is 17.4 Å². The molecule has 2 rings (SSSR count). The Bertz CT molecular complexity index is 764. The lowest BCUT2D eigenvalue weighted by Gasteiger charge is -2.23. The minimum atomic E-state index is -1.27. The Morgan fingerprint density at radius 3 is 2.07 bits per heavy atom. The topological polar surface area (TPSA) is 52.6 Å². The average molecular weight is 399 g/mol. The van der Waals surface area contributed by atoms with Gasteiger partial charge in [-0.2, -0.15) is 0 Å². The van der Waals surface area contributed by atoms with E-state index in [1.54, 1.807) is 13.8 Å². The highest BCUT2D eigenvalue weighted by Gasteiger charge is 2.53. The Morgan fingerprint density at radius 1 is 0.931 bits per heavy atom. The maximum Gasteiger partial charge on any atom is 0.324 e. The van der Waals surface area contributed by atoms with E-state index in [1.165, 1.54) is 5.56 Å². The van der Waals surface area contributed by atoms with Crippen LogP contribution >= 0.6 is 0 Å². The highest BCUT2D eigenvalue weighted by atomic mass is 16.6. The summed E-state index contributed by atoms with van der Waals surface area (Å²) in [5.74, 6) is 5.65. The second-order valence-corrected chi connectivity index (χ2v) is 7.66. The van der Waals surface area contributed by atoms with Crippen LogP contribution in [0, 0.1) is 17.3 Å². The summed E-state index contributed by atoms with van der Waals surface area (Å²) in [6, 6.07) is 4.23. The number of rotatable bonds is 9. The minimum absolute atomic E-state index is 0.242. The van der Waals surface area contributed by atoms with Gasteiger partial charge in [-0.3, -0.25) is 9.59 Å². The summed E-state index contributed by atoms with van der Waals surface area (Å²) in [5, 5.41) is 0. The number of carbonyl (C=O) groups excluding carboxylic acids is 2. The second kappa shape index (κ2) is 11.0. The smallest absolute Gasteiger partial charge is 0.324 e. The lowest BCUT2D eigenvalue weighted by atomic mass is 9.84. The fourth-order valence-electron chi connectivity index (χ4n) is 3.81. The Kier molecular flexibility index (Phi) is 8.76. The van der Waals surface area contributed by atoms with Crippen molar-refractivity contribution in [3.8, 4) is 11.8 Å². The predicted molar refractivity (Wildman–Crippen MR) is 115 cm³/mol. The average Bonchev–Trinajstić information content (AvgIpc) is 3.09. The van der Waals surface area contributed by atoms with Crippen LogP contribution in [0.25, 0.3) is 0 Å². The van der Waals surface area contributed by atoms with E-state index in [4.69, 9.17) is 9.47 Å². The Balaban J connectivity index is 2.42. The summed E-state index contributed by atoms with van der Waals surface area (Å²) < 4.78 is 10.6. The molecule has 1 aliphatic carbocycles. The lowest BCUT2D eigenvalue weighted by molar-refractivity contribution is -0.171. The third kappa shape index (κ3) is 5.41. The molecule has 0 spiro atoms. The number of hydrogen-bond donors (Lipinski definition) is 0. The lowest BCUT2D eigenvalue weighted by Crippen LogP contribution is -2.43. The van der Waals surface area contributed by atoms with Crippen molar-refractivity contribution in [3.63, 3.8) is 0 Å². The van der Waals surface area contributed by atoms with Crippen molar-refractivity contribution in [2.24, 2.45) is 5.41 Å². The molecule has 0 saturated carbocycles. The van der Waals surface area contributed by atoms with Crippen molar-refractivity contribution in [2.45, 2.75) is 79.1 Å². The number of benzene rings is 1. The predicted octanol–water partition coefficient (Wildman–Crippen LogP) is 4.78. The molecule has 0 amide bonds. The van der Waals surface area contributed by atoms with E-state index in [-0.39, 0.29) is 13.2 Å². The molecule has 1 aliphatic rings. The van der Waals surface area contributed by atoms with Gasteiger partial charge in [0.1, 0.15) is 0 Å². The normalized spacial score (nSPS) is 13.9. The third-order valence-electron chi connectivity index (χ3n) is 5.42. The summed E-state index contributed by atoms with van der Waals surface area (Å²) in [4.78, 5) is 25.6. The molecule has 0 N–H and O–H groups in total. The van der Waals surface area contributed by atoms with Crippen molar-refractivity contribution >= 4 is 11.9 Å². The van der Waals surface area contributed by atoms with E-state index in [2.05, 4.69) is 37.8 Å². The first-order valence-electron chi connectivity index (χ1n) is 11.0. The van der Waals surface area contributed by atoms with Crippen molar-refractivity contribution in [1.82, 2.24) is 0 Å². The summed E-state index contributed by atoms with van der Waals surface area (Å²) in [6.07, 6.45) is 6.91. The molecule has 0 fully saturated rings. The molecule has 0 aliphatic heterocycles. The number of aryl methyl sites for hydroxylation is 1. The molecule has 0 aromatic heterocycles. The van der Waals surface area contributed by atoms with Crippen LogP contribution in [0.3, 0.4) is 0 Å². The molecule has 0 bridgehead atoms. The van der Waals surface area contributed by atoms with Crippen LogP contribution in [0.4, 0.5) is 0 Å². The molecule has 1 aromatic rings. The zero-order valence-electron chi connectivity index (χ0n) is 18.4. The molecular formula is C25H34O4. The van der Waals surface area contributed by atoms with Gasteiger partial charge in [-0.1, -0.05) is 44.6 Å². The van der Waals surface area contributed by atoms with Gasteiger partial charge < -0.3 is 9.47 Å². The van der Waals surface area contributed by atoms with Gasteiger partial charge in [-0.25, -0.2) is 0 Å². The van der Waals surface area contributed by atoms with Crippen molar-refractivity contribution < 1.29 is 19.1 Å². The fraction of sp³-hybridized carbons (Fsp3) is 0.600. The largest absolute Gasteiger partial charge is 0.465 e. The van der Waals surface area contributed by atoms with Gasteiger partial charge in [0, 0.05) is 12.0 Å². The SMILES string of the molecule is CCCCC#Cc1cc2c(cc1CCCC)CC(C(=O)OCC)(C(=O)OCC)C2. The fourth-order valence-corrected chi connectivity index (χ4v) is 3.81. The van der Waals surface area contributed by atoms with Crippen molar-refractivity contribution in [1.29, 1.82) is 0 Å². The number of esters is 2. The van der Waals surface area contributed by atoms with Crippen LogP contribution in [0.5, 0.6) is 0 Å². The third-order valence-corrected chi connectivity index (χ3v) is 5.42. The van der Waals surface area contributed by atoms with Crippen LogP contribution in [0.1, 0.15) is 82.1 Å². The summed E-state index contributed by atoms with van der Waals surface area (Å²) in [7, 11) is 0. The molecule has 4 heteroatoms. The van der Waals surface area contributed by atoms with Crippen LogP contribution in [-0.2, 0) is 38.3 Å². The zero-order chi connectivity index (χ0) is 21.3. The Labute approximate surface area is 175 Å². The first kappa shape index (κ1) is 23.0. The molecular weight excluding hydrogens is 364 g/mol. The maximum absolute atomic E-state index is 12.8. The Hall–Kier alpha value is -2.28. The summed E-state index contributed by atoms with van der Waals surface area (Å²) >= 11 is 0. The quantitative estimate of drug-likeness (QED) is 0.260. The molecule has 0 heterocycles. The van der Waals surface area contributed by atoms with E-state index in [1.807, 2.05) is 0 Å². The second-order valence-electron chi connectivity index (χ2n) is 7.66. The molecule has 4 nitrogen and oxygen atoms in total. The number of fused-ring (bicyclic) bond motifs is 1. The van der Waals surface area contributed by atoms with E-state index in [0.717, 1.165) is 55.2 Å². The van der Waals surface area contributed by atoms with Gasteiger partial charge in [0.25, 0.3) is 0 Å². The van der Waals surface area contributed by atoms with Crippen LogP contribution < -0.4 is 0 Å². The monoisotopic (exact) mass is 398 g/mol. The molecule has 0 saturated heterocycles. The zero-order valence-corrected chi connectivity index (χ0v) is 18.4. The molecule has 0 unspecified atom stereocenters. The summed E-state index contributed by atoms with van der Waals surface area (Å²) in [6.45, 7) is 8.33. The maximum atomic E-state index is 12.8. The van der Waals surface area contributed by atoms with Crippen LogP contribution in [0.2, 0.25) is 0 Å². The van der Waals surface area contributed by atoms with Gasteiger partial charge in [0.05, 0.1) is 13.2 Å². The van der Waals surface area contributed by atoms with Gasteiger partial charge in [0.2, 0.25) is 0 Å². The number of unbranched alkanes of at least 4 members (excludes halogenated alkanes) is 3. The minimum Gasteiger partial charge on any atom is -0.465 e. The van der Waals surface area contributed by atoms with Crippen LogP contribution in [-0.4, -0.2) is 25.2 Å². The van der Waals surface area contributed by atoms with Crippen molar-refractivity contribution in [3.05, 3.63) is 34.4 Å². The van der Waals surface area contributed by atoms with Crippen molar-refractivity contribution in [2.75, 3.05) is 13.2 Å². The van der Waals surface area contributed by atoms with Gasteiger partial charge in [-0.15, -0.1) is 0 Å². The molecule has 29 heavy (non-hydrogen) atoms. The van der Waals surface area contributed by atoms with Crippen LogP contribution in [0.15, 0.2) is 12.1 Å². The number of carbonyl (C=O) groups is 2. The van der Waals surface area contributed by atoms with Gasteiger partial charge in [0.15, 0.2) is 5.41 Å². The number of ether oxygens (including phenoxy) is 2. The highest BCUT2D eigenvalue weighted by molar-refractivity contribution is 6.01. The van der Waals surface area contributed by atoms with Gasteiger partial charge in [-0.05, 0) is 68.7 Å². The van der Waals surface area contributed by atoms with E-state index in [9.17, 15) is 9.59 Å². The molecule has 1 aromatic carbocycles. The molecule has 0 radical (unpaired) electrons. The summed E-state index contributed by atoms with van der Waals surface area (Å²) in [5.41, 5.74) is 3.00. The number of hydrogen-bond acceptors (Lipinski definition) is 4. The van der Waals surface area contributed by atoms with E-state index >= 15 is 0 Å².